The summed E-state index contributed by atoms with van der Waals surface area (Å²) >= 11 is 0. The maximum Gasteiger partial charge on any atom is 0.290 e. The minimum absolute atomic E-state index is 0.0104. The van der Waals surface area contributed by atoms with E-state index in [1.807, 2.05) is 29.8 Å². The summed E-state index contributed by atoms with van der Waals surface area (Å²) in [4.78, 5) is 31.6. The first kappa shape index (κ1) is 20.5. The summed E-state index contributed by atoms with van der Waals surface area (Å²) in [7, 11) is 0. The predicted octanol–water partition coefficient (Wildman–Crippen LogP) is 3.54. The normalized spacial score (nSPS) is 16.2. The van der Waals surface area contributed by atoms with Crippen LogP contribution >= 0.6 is 0 Å². The van der Waals surface area contributed by atoms with E-state index in [0.717, 1.165) is 0 Å². The van der Waals surface area contributed by atoms with Crippen LogP contribution in [0.3, 0.4) is 0 Å². The number of carbonyl (C=O) groups excluding carboxylic acids is 2. The summed E-state index contributed by atoms with van der Waals surface area (Å²) in [5.74, 6) is -0.939. The number of hydrogen-bond donors (Lipinski definition) is 1. The lowest BCUT2D eigenvalue weighted by Gasteiger charge is -2.27. The third-order valence-electron chi connectivity index (χ3n) is 5.15. The molecule has 0 spiro atoms. The quantitative estimate of drug-likeness (QED) is 0.531. The largest absolute Gasteiger partial charge is 0.503 e. The lowest BCUT2D eigenvalue weighted by Crippen LogP contribution is -2.32. The summed E-state index contributed by atoms with van der Waals surface area (Å²) in [6.45, 7) is 3.37. The smallest absolute Gasteiger partial charge is 0.290 e. The number of Topliss-reactive ketones (excluding diaryl/α,β-unsaturated/α-hetero) is 1. The highest BCUT2D eigenvalue weighted by Crippen LogP contribution is 2.40. The Morgan fingerprint density at radius 3 is 2.84 bits per heavy atom. The summed E-state index contributed by atoms with van der Waals surface area (Å²) in [5.41, 5.74) is 0.692. The summed E-state index contributed by atoms with van der Waals surface area (Å²) in [5, 5.41) is 10.7. The van der Waals surface area contributed by atoms with Crippen LogP contribution in [0.15, 0.2) is 77.1 Å². The van der Waals surface area contributed by atoms with Crippen LogP contribution in [0.25, 0.3) is 0 Å². The van der Waals surface area contributed by atoms with E-state index in [9.17, 15) is 14.7 Å². The molecule has 1 aromatic carbocycles. The van der Waals surface area contributed by atoms with Crippen LogP contribution in [0.1, 0.15) is 35.5 Å². The molecule has 1 aliphatic rings. The first-order valence-corrected chi connectivity index (χ1v) is 10.1. The number of aliphatic hydroxyl groups is 1. The Labute approximate surface area is 179 Å². The van der Waals surface area contributed by atoms with Gasteiger partial charge in [-0.25, -0.2) is 4.98 Å². The van der Waals surface area contributed by atoms with Crippen LogP contribution in [0.4, 0.5) is 0 Å². The second-order valence-electron chi connectivity index (χ2n) is 7.13. The van der Waals surface area contributed by atoms with Crippen molar-refractivity contribution >= 4 is 11.7 Å². The molecular formula is C23H23N3O5. The van der Waals surface area contributed by atoms with Crippen molar-refractivity contribution < 1.29 is 23.8 Å². The monoisotopic (exact) mass is 421 g/mol. The Kier molecular flexibility index (Phi) is 5.88. The van der Waals surface area contributed by atoms with Crippen molar-refractivity contribution in [2.45, 2.75) is 25.9 Å². The highest BCUT2D eigenvalue weighted by Gasteiger charge is 2.44. The maximum absolute atomic E-state index is 13.1. The zero-order valence-electron chi connectivity index (χ0n) is 17.1. The lowest BCUT2D eigenvalue weighted by atomic mass is 9.95. The molecule has 0 bridgehead atoms. The molecule has 2 aromatic heterocycles. The molecule has 0 saturated carbocycles. The third-order valence-corrected chi connectivity index (χ3v) is 5.15. The number of aryl methyl sites for hydroxylation is 1. The van der Waals surface area contributed by atoms with Crippen LogP contribution in [-0.2, 0) is 11.3 Å². The SMILES string of the molecule is CCOc1cccc(C2C(C(=O)c3ccco3)=C(O)C(=O)N2CCCn2ccnc2)c1. The average Bonchev–Trinajstić information content (AvgIpc) is 3.52. The Morgan fingerprint density at radius 2 is 2.13 bits per heavy atom. The second-order valence-corrected chi connectivity index (χ2v) is 7.13. The van der Waals surface area contributed by atoms with Crippen LogP contribution < -0.4 is 4.74 Å². The Hall–Kier alpha value is -3.81. The zero-order valence-corrected chi connectivity index (χ0v) is 17.1. The number of aromatic nitrogens is 2. The van der Waals surface area contributed by atoms with E-state index in [4.69, 9.17) is 9.15 Å². The number of furan rings is 1. The van der Waals surface area contributed by atoms with Crippen molar-refractivity contribution in [3.05, 3.63) is 84.0 Å². The Morgan fingerprint density at radius 1 is 1.26 bits per heavy atom. The van der Waals surface area contributed by atoms with Gasteiger partial charge in [-0.15, -0.1) is 0 Å². The topological polar surface area (TPSA) is 97.8 Å². The molecule has 31 heavy (non-hydrogen) atoms. The predicted molar refractivity (Wildman–Crippen MR) is 112 cm³/mol. The number of nitrogens with zero attached hydrogens (tertiary/aromatic N) is 3. The third kappa shape index (κ3) is 4.09. The van der Waals surface area contributed by atoms with E-state index in [1.54, 1.807) is 30.7 Å². The molecule has 3 heterocycles. The van der Waals surface area contributed by atoms with E-state index < -0.39 is 23.5 Å². The van der Waals surface area contributed by atoms with Crippen LogP contribution in [0, 0.1) is 0 Å². The molecule has 1 amide bonds. The van der Waals surface area contributed by atoms with Crippen LogP contribution in [0.2, 0.25) is 0 Å². The highest BCUT2D eigenvalue weighted by molar-refractivity contribution is 6.15. The molecule has 4 rings (SSSR count). The fourth-order valence-electron chi connectivity index (χ4n) is 3.79. The van der Waals surface area contributed by atoms with Crippen LogP contribution in [0.5, 0.6) is 5.75 Å². The lowest BCUT2D eigenvalue weighted by molar-refractivity contribution is -0.129. The number of rotatable bonds is 9. The van der Waals surface area contributed by atoms with Crippen molar-refractivity contribution in [1.29, 1.82) is 0 Å². The summed E-state index contributed by atoms with van der Waals surface area (Å²) < 4.78 is 12.8. The molecule has 0 aliphatic carbocycles. The van der Waals surface area contributed by atoms with Crippen molar-refractivity contribution in [3.8, 4) is 5.75 Å². The molecule has 0 fully saturated rings. The first-order valence-electron chi connectivity index (χ1n) is 10.1. The van der Waals surface area contributed by atoms with Gasteiger partial charge < -0.3 is 23.7 Å². The fourth-order valence-corrected chi connectivity index (χ4v) is 3.79. The molecule has 3 aromatic rings. The molecule has 1 unspecified atom stereocenters. The molecular weight excluding hydrogens is 398 g/mol. The average molecular weight is 421 g/mol. The van der Waals surface area contributed by atoms with Gasteiger partial charge in [0.2, 0.25) is 5.78 Å². The molecule has 0 saturated heterocycles. The van der Waals surface area contributed by atoms with Gasteiger partial charge in [0.1, 0.15) is 5.75 Å². The number of carbonyl (C=O) groups is 2. The summed E-state index contributed by atoms with van der Waals surface area (Å²) in [6.07, 6.45) is 7.25. The first-order chi connectivity index (χ1) is 15.1. The van der Waals surface area contributed by atoms with E-state index in [0.29, 0.717) is 37.4 Å². The van der Waals surface area contributed by atoms with Crippen molar-refractivity contribution in [2.24, 2.45) is 0 Å². The van der Waals surface area contributed by atoms with Gasteiger partial charge in [0.15, 0.2) is 11.5 Å². The number of benzene rings is 1. The van der Waals surface area contributed by atoms with Crippen molar-refractivity contribution in [2.75, 3.05) is 13.2 Å². The number of ether oxygens (including phenoxy) is 1. The van der Waals surface area contributed by atoms with Gasteiger partial charge in [-0.1, -0.05) is 12.1 Å². The number of ketones is 1. The fraction of sp³-hybridized carbons (Fsp3) is 0.261. The Balaban J connectivity index is 1.67. The van der Waals surface area contributed by atoms with E-state index in [2.05, 4.69) is 4.98 Å². The van der Waals surface area contributed by atoms with Crippen molar-refractivity contribution in [3.63, 3.8) is 0 Å². The molecule has 0 radical (unpaired) electrons. The number of imidazole rings is 1. The van der Waals surface area contributed by atoms with E-state index in [-0.39, 0.29) is 11.3 Å². The molecule has 1 atom stereocenters. The van der Waals surface area contributed by atoms with Gasteiger partial charge in [-0.2, -0.15) is 0 Å². The van der Waals surface area contributed by atoms with Crippen LogP contribution in [-0.4, -0.2) is 44.4 Å². The molecule has 8 heteroatoms. The molecule has 1 aliphatic heterocycles. The van der Waals surface area contributed by atoms with Gasteiger partial charge in [-0.3, -0.25) is 9.59 Å². The minimum Gasteiger partial charge on any atom is -0.503 e. The minimum atomic E-state index is -0.742. The zero-order chi connectivity index (χ0) is 21.8. The summed E-state index contributed by atoms with van der Waals surface area (Å²) in [6, 6.07) is 9.59. The van der Waals surface area contributed by atoms with Crippen molar-refractivity contribution in [1.82, 2.24) is 14.5 Å². The van der Waals surface area contributed by atoms with Gasteiger partial charge in [0, 0.05) is 25.5 Å². The molecule has 8 nitrogen and oxygen atoms in total. The van der Waals surface area contributed by atoms with Gasteiger partial charge in [0.25, 0.3) is 5.91 Å². The van der Waals surface area contributed by atoms with Gasteiger partial charge in [0.05, 0.1) is 30.8 Å². The number of amides is 1. The van der Waals surface area contributed by atoms with Gasteiger partial charge in [-0.05, 0) is 43.2 Å². The number of aliphatic hydroxyl groups excluding tert-OH is 1. The second kappa shape index (κ2) is 8.91. The molecule has 1 N–H and O–H groups in total. The number of hydrogen-bond acceptors (Lipinski definition) is 6. The van der Waals surface area contributed by atoms with Gasteiger partial charge >= 0.3 is 0 Å². The molecule has 160 valence electrons. The standard InChI is InChI=1S/C23H23N3O5/c1-2-30-17-7-3-6-16(14-17)20-19(21(27)18-8-4-13-31-18)22(28)23(29)26(20)11-5-10-25-12-9-24-15-25/h3-4,6-9,12-15,20,28H,2,5,10-11H2,1H3. The van der Waals surface area contributed by atoms with E-state index >= 15 is 0 Å². The Bertz CT molecular complexity index is 1090. The van der Waals surface area contributed by atoms with E-state index in [1.165, 1.54) is 17.2 Å². The maximum atomic E-state index is 13.1. The highest BCUT2D eigenvalue weighted by atomic mass is 16.5.